The molecule has 23 heavy (non-hydrogen) atoms. The van der Waals surface area contributed by atoms with E-state index < -0.39 is 5.91 Å². The van der Waals surface area contributed by atoms with Gasteiger partial charge in [0.25, 0.3) is 11.8 Å². The molecule has 6 nitrogen and oxygen atoms in total. The summed E-state index contributed by atoms with van der Waals surface area (Å²) in [5, 5.41) is 12.4. The van der Waals surface area contributed by atoms with Gasteiger partial charge in [-0.25, -0.2) is 5.48 Å². The van der Waals surface area contributed by atoms with Gasteiger partial charge in [0.2, 0.25) is 0 Å². The second-order valence-electron chi connectivity index (χ2n) is 5.09. The Morgan fingerprint density at radius 2 is 1.74 bits per heavy atom. The summed E-state index contributed by atoms with van der Waals surface area (Å²) in [5.74, 6) is -0.767. The van der Waals surface area contributed by atoms with E-state index in [0.29, 0.717) is 17.8 Å². The van der Waals surface area contributed by atoms with Crippen molar-refractivity contribution in [1.29, 1.82) is 0 Å². The Hall–Kier alpha value is -3.12. The second kappa shape index (κ2) is 6.33. The third-order valence-corrected chi connectivity index (χ3v) is 3.55. The first-order chi connectivity index (χ1) is 11.2. The van der Waals surface area contributed by atoms with Crippen LogP contribution in [0, 0.1) is 0 Å². The number of hydrogen-bond donors (Lipinski definition) is 4. The van der Waals surface area contributed by atoms with Crippen LogP contribution >= 0.6 is 0 Å². The van der Waals surface area contributed by atoms with Crippen LogP contribution in [0.4, 0.5) is 0 Å². The minimum atomic E-state index is -0.571. The summed E-state index contributed by atoms with van der Waals surface area (Å²) in [6.45, 7) is 0.342. The van der Waals surface area contributed by atoms with Crippen molar-refractivity contribution in [2.45, 2.75) is 6.54 Å². The minimum absolute atomic E-state index is 0.196. The third kappa shape index (κ3) is 3.22. The number of aromatic nitrogens is 1. The van der Waals surface area contributed by atoms with Crippen LogP contribution in [0.15, 0.2) is 54.6 Å². The molecule has 2 aromatic carbocycles. The van der Waals surface area contributed by atoms with Crippen LogP contribution in [0.2, 0.25) is 0 Å². The van der Waals surface area contributed by atoms with Crippen molar-refractivity contribution in [1.82, 2.24) is 15.8 Å². The fourth-order valence-electron chi connectivity index (χ4n) is 2.31. The van der Waals surface area contributed by atoms with Crippen molar-refractivity contribution >= 4 is 22.7 Å². The lowest BCUT2D eigenvalue weighted by atomic mass is 10.1. The molecule has 0 spiro atoms. The molecule has 6 heteroatoms. The topological polar surface area (TPSA) is 94.2 Å². The highest BCUT2D eigenvalue weighted by Gasteiger charge is 2.09. The summed E-state index contributed by atoms with van der Waals surface area (Å²) in [5.41, 5.74) is 4.18. The largest absolute Gasteiger partial charge is 0.351 e. The molecule has 1 aromatic heterocycles. The van der Waals surface area contributed by atoms with Gasteiger partial charge in [0.1, 0.15) is 5.69 Å². The first-order valence-corrected chi connectivity index (χ1v) is 7.07. The van der Waals surface area contributed by atoms with Crippen molar-refractivity contribution in [3.63, 3.8) is 0 Å². The van der Waals surface area contributed by atoms with Crippen LogP contribution < -0.4 is 10.8 Å². The van der Waals surface area contributed by atoms with Crippen molar-refractivity contribution in [2.75, 3.05) is 0 Å². The lowest BCUT2D eigenvalue weighted by Crippen LogP contribution is -2.23. The Morgan fingerprint density at radius 1 is 1.00 bits per heavy atom. The molecule has 0 bridgehead atoms. The van der Waals surface area contributed by atoms with E-state index in [1.165, 1.54) is 0 Å². The maximum atomic E-state index is 12.2. The molecule has 1 heterocycles. The van der Waals surface area contributed by atoms with Gasteiger partial charge < -0.3 is 10.3 Å². The van der Waals surface area contributed by atoms with Crippen molar-refractivity contribution < 1.29 is 14.8 Å². The summed E-state index contributed by atoms with van der Waals surface area (Å²) in [4.78, 5) is 26.5. The Labute approximate surface area is 132 Å². The number of carbonyl (C=O) groups excluding carboxylic acids is 2. The average molecular weight is 309 g/mol. The lowest BCUT2D eigenvalue weighted by molar-refractivity contribution is 0.0706. The van der Waals surface area contributed by atoms with E-state index >= 15 is 0 Å². The van der Waals surface area contributed by atoms with Crippen LogP contribution in [-0.4, -0.2) is 22.0 Å². The number of fused-ring (bicyclic) bond motifs is 1. The number of aromatic amines is 1. The zero-order chi connectivity index (χ0) is 16.2. The van der Waals surface area contributed by atoms with Crippen LogP contribution in [0.1, 0.15) is 26.4 Å². The molecule has 0 saturated carbocycles. The van der Waals surface area contributed by atoms with E-state index in [-0.39, 0.29) is 5.91 Å². The maximum Gasteiger partial charge on any atom is 0.274 e. The molecule has 0 aliphatic heterocycles. The molecule has 0 radical (unpaired) electrons. The van der Waals surface area contributed by atoms with Crippen LogP contribution in [0.25, 0.3) is 10.9 Å². The number of H-pyrrole nitrogens is 1. The monoisotopic (exact) mass is 309 g/mol. The van der Waals surface area contributed by atoms with Crippen LogP contribution in [0.3, 0.4) is 0 Å². The van der Waals surface area contributed by atoms with Gasteiger partial charge in [-0.2, -0.15) is 0 Å². The molecule has 0 aliphatic rings. The Morgan fingerprint density at radius 3 is 2.43 bits per heavy atom. The molecule has 116 valence electrons. The predicted octanol–water partition coefficient (Wildman–Crippen LogP) is 2.22. The van der Waals surface area contributed by atoms with Gasteiger partial charge in [0.05, 0.1) is 0 Å². The Balaban J connectivity index is 1.65. The van der Waals surface area contributed by atoms with Gasteiger partial charge in [0, 0.05) is 23.0 Å². The zero-order valence-electron chi connectivity index (χ0n) is 12.2. The molecule has 4 N–H and O–H groups in total. The van der Waals surface area contributed by atoms with Gasteiger partial charge in [-0.1, -0.05) is 30.3 Å². The fraction of sp³-hybridized carbons (Fsp3) is 0.0588. The zero-order valence-corrected chi connectivity index (χ0v) is 12.2. The van der Waals surface area contributed by atoms with E-state index in [9.17, 15) is 9.59 Å². The SMILES string of the molecule is O=C(NO)c1ccc(CNC(=O)c2cc3ccccc3[nH]2)cc1. The highest BCUT2D eigenvalue weighted by atomic mass is 16.5. The van der Waals surface area contributed by atoms with Gasteiger partial charge in [-0.15, -0.1) is 0 Å². The molecule has 2 amide bonds. The smallest absolute Gasteiger partial charge is 0.274 e. The highest BCUT2D eigenvalue weighted by Crippen LogP contribution is 2.14. The number of rotatable bonds is 4. The summed E-state index contributed by atoms with van der Waals surface area (Å²) in [6.07, 6.45) is 0. The first-order valence-electron chi connectivity index (χ1n) is 7.07. The summed E-state index contributed by atoms with van der Waals surface area (Å²) >= 11 is 0. The van der Waals surface area contributed by atoms with E-state index in [2.05, 4.69) is 10.3 Å². The lowest BCUT2D eigenvalue weighted by Gasteiger charge is -2.05. The number of amides is 2. The predicted molar refractivity (Wildman–Crippen MR) is 85.2 cm³/mol. The molecule has 0 atom stereocenters. The molecule has 0 fully saturated rings. The van der Waals surface area contributed by atoms with E-state index in [1.54, 1.807) is 35.8 Å². The highest BCUT2D eigenvalue weighted by molar-refractivity contribution is 5.98. The third-order valence-electron chi connectivity index (χ3n) is 3.55. The first kappa shape index (κ1) is 14.8. The van der Waals surface area contributed by atoms with Crippen molar-refractivity contribution in [2.24, 2.45) is 0 Å². The summed E-state index contributed by atoms with van der Waals surface area (Å²) in [6, 6.07) is 16.1. The number of benzene rings is 2. The van der Waals surface area contributed by atoms with E-state index in [0.717, 1.165) is 16.5 Å². The standard InChI is InChI=1S/C17H15N3O3/c21-16(20-23)12-7-5-11(6-8-12)10-18-17(22)15-9-13-3-1-2-4-14(13)19-15/h1-9,19,23H,10H2,(H,18,22)(H,20,21). The van der Waals surface area contributed by atoms with Gasteiger partial charge >= 0.3 is 0 Å². The van der Waals surface area contributed by atoms with Crippen LogP contribution in [0.5, 0.6) is 0 Å². The maximum absolute atomic E-state index is 12.2. The number of carbonyl (C=O) groups is 2. The summed E-state index contributed by atoms with van der Waals surface area (Å²) < 4.78 is 0. The van der Waals surface area contributed by atoms with E-state index in [4.69, 9.17) is 5.21 Å². The molecule has 0 saturated heterocycles. The van der Waals surface area contributed by atoms with Crippen molar-refractivity contribution in [3.05, 3.63) is 71.4 Å². The second-order valence-corrected chi connectivity index (χ2v) is 5.09. The minimum Gasteiger partial charge on any atom is -0.351 e. The van der Waals surface area contributed by atoms with Gasteiger partial charge in [-0.05, 0) is 29.8 Å². The Kier molecular flexibility index (Phi) is 4.07. The number of para-hydroxylation sites is 1. The van der Waals surface area contributed by atoms with Crippen molar-refractivity contribution in [3.8, 4) is 0 Å². The normalized spacial score (nSPS) is 10.5. The molecule has 0 aliphatic carbocycles. The number of hydroxylamine groups is 1. The molecule has 0 unspecified atom stereocenters. The summed E-state index contributed by atoms with van der Waals surface area (Å²) in [7, 11) is 0. The Bertz CT molecular complexity index is 820. The average Bonchev–Trinajstić information content (AvgIpc) is 3.03. The van der Waals surface area contributed by atoms with E-state index in [1.807, 2.05) is 24.3 Å². The number of nitrogens with one attached hydrogen (secondary N) is 3. The van der Waals surface area contributed by atoms with Crippen LogP contribution in [-0.2, 0) is 6.54 Å². The quantitative estimate of drug-likeness (QED) is 0.439. The van der Waals surface area contributed by atoms with Gasteiger partial charge in [0.15, 0.2) is 0 Å². The molecular weight excluding hydrogens is 294 g/mol. The van der Waals surface area contributed by atoms with Gasteiger partial charge in [-0.3, -0.25) is 14.8 Å². The molecular formula is C17H15N3O3. The number of hydrogen-bond acceptors (Lipinski definition) is 3. The molecule has 3 rings (SSSR count). The molecule has 3 aromatic rings. The fourth-order valence-corrected chi connectivity index (χ4v) is 2.31.